The molecule has 1 unspecified atom stereocenters. The molecule has 1 aromatic heterocycles. The van der Waals surface area contributed by atoms with Crippen LogP contribution in [0.3, 0.4) is 0 Å². The lowest BCUT2D eigenvalue weighted by Gasteiger charge is -2.18. The van der Waals surface area contributed by atoms with E-state index >= 15 is 0 Å². The van der Waals surface area contributed by atoms with E-state index in [4.69, 9.17) is 4.42 Å². The zero-order valence-electron chi connectivity index (χ0n) is 12.0. The van der Waals surface area contributed by atoms with Crippen LogP contribution in [-0.4, -0.2) is 6.54 Å². The van der Waals surface area contributed by atoms with Crippen molar-refractivity contribution in [1.29, 1.82) is 0 Å². The maximum Gasteiger partial charge on any atom is 0.127 e. The first-order valence-electron chi connectivity index (χ1n) is 6.75. The molecule has 4 heteroatoms. The summed E-state index contributed by atoms with van der Waals surface area (Å²) in [6.07, 6.45) is 0.604. The first-order valence-corrected chi connectivity index (χ1v) is 7.54. The molecule has 0 radical (unpaired) electrons. The maximum atomic E-state index is 14.0. The highest BCUT2D eigenvalue weighted by atomic mass is 79.9. The average molecular weight is 340 g/mol. The molecule has 2 rings (SSSR count). The third kappa shape index (κ3) is 3.49. The highest BCUT2D eigenvalue weighted by molar-refractivity contribution is 9.10. The van der Waals surface area contributed by atoms with Crippen molar-refractivity contribution in [3.05, 3.63) is 57.2 Å². The minimum atomic E-state index is -0.180. The van der Waals surface area contributed by atoms with Gasteiger partial charge in [-0.1, -0.05) is 28.9 Å². The predicted molar refractivity (Wildman–Crippen MR) is 82.4 cm³/mol. The monoisotopic (exact) mass is 339 g/mol. The molecule has 0 spiro atoms. The summed E-state index contributed by atoms with van der Waals surface area (Å²) in [5, 5.41) is 3.40. The minimum Gasteiger partial charge on any atom is -0.466 e. The number of hydrogen-bond acceptors (Lipinski definition) is 2. The molecular formula is C16H19BrFNO. The van der Waals surface area contributed by atoms with Crippen molar-refractivity contribution in [2.75, 3.05) is 6.54 Å². The van der Waals surface area contributed by atoms with Gasteiger partial charge in [0.1, 0.15) is 17.3 Å². The Morgan fingerprint density at radius 3 is 2.60 bits per heavy atom. The van der Waals surface area contributed by atoms with Crippen LogP contribution in [0.2, 0.25) is 0 Å². The Bertz CT molecular complexity index is 594. The lowest BCUT2D eigenvalue weighted by atomic mass is 9.98. The predicted octanol–water partition coefficient (Wildman–Crippen LogP) is 4.69. The van der Waals surface area contributed by atoms with Gasteiger partial charge in [0.2, 0.25) is 0 Å². The van der Waals surface area contributed by atoms with Gasteiger partial charge in [0.25, 0.3) is 0 Å². The summed E-state index contributed by atoms with van der Waals surface area (Å²) in [6.45, 7) is 6.75. The fourth-order valence-electron chi connectivity index (χ4n) is 2.44. The van der Waals surface area contributed by atoms with Crippen molar-refractivity contribution in [3.63, 3.8) is 0 Å². The van der Waals surface area contributed by atoms with Crippen LogP contribution in [-0.2, 0) is 6.42 Å². The van der Waals surface area contributed by atoms with Crippen molar-refractivity contribution >= 4 is 15.9 Å². The summed E-state index contributed by atoms with van der Waals surface area (Å²) < 4.78 is 20.3. The van der Waals surface area contributed by atoms with Gasteiger partial charge in [-0.15, -0.1) is 0 Å². The van der Waals surface area contributed by atoms with Crippen LogP contribution in [0.1, 0.15) is 35.6 Å². The lowest BCUT2D eigenvalue weighted by molar-refractivity contribution is 0.481. The summed E-state index contributed by atoms with van der Waals surface area (Å²) >= 11 is 3.28. The molecule has 0 aliphatic carbocycles. The summed E-state index contributed by atoms with van der Waals surface area (Å²) in [5.41, 5.74) is 1.81. The SMILES string of the molecule is CCNC(Cc1ccc(Br)cc1F)c1cc(C)oc1C. The third-order valence-electron chi connectivity index (χ3n) is 3.34. The molecular weight excluding hydrogens is 321 g/mol. The van der Waals surface area contributed by atoms with Gasteiger partial charge in [-0.05, 0) is 50.6 Å². The molecule has 0 saturated carbocycles. The van der Waals surface area contributed by atoms with Crippen molar-refractivity contribution in [3.8, 4) is 0 Å². The van der Waals surface area contributed by atoms with Gasteiger partial charge >= 0.3 is 0 Å². The van der Waals surface area contributed by atoms with E-state index in [9.17, 15) is 4.39 Å². The quantitative estimate of drug-likeness (QED) is 0.854. The molecule has 108 valence electrons. The van der Waals surface area contributed by atoms with Gasteiger partial charge in [0.05, 0.1) is 0 Å². The Kier molecular flexibility index (Phi) is 5.00. The molecule has 0 aliphatic rings. The van der Waals surface area contributed by atoms with Crippen molar-refractivity contribution in [2.45, 2.75) is 33.2 Å². The highest BCUT2D eigenvalue weighted by Crippen LogP contribution is 2.26. The van der Waals surface area contributed by atoms with Crippen LogP contribution in [0.15, 0.2) is 33.2 Å². The largest absolute Gasteiger partial charge is 0.466 e. The number of nitrogens with one attached hydrogen (secondary N) is 1. The third-order valence-corrected chi connectivity index (χ3v) is 3.84. The van der Waals surface area contributed by atoms with Crippen LogP contribution in [0, 0.1) is 19.7 Å². The standard InChI is InChI=1S/C16H19BrFNO/c1-4-19-16(14-7-10(2)20-11(14)3)8-12-5-6-13(17)9-15(12)18/h5-7,9,16,19H,4,8H2,1-3H3. The summed E-state index contributed by atoms with van der Waals surface area (Å²) in [5.74, 6) is 1.60. The number of likely N-dealkylation sites (N-methyl/N-ethyl adjacent to an activating group) is 1. The van der Waals surface area contributed by atoms with E-state index in [1.54, 1.807) is 0 Å². The van der Waals surface area contributed by atoms with E-state index in [2.05, 4.69) is 21.2 Å². The number of furan rings is 1. The van der Waals surface area contributed by atoms with Crippen LogP contribution in [0.4, 0.5) is 4.39 Å². The van der Waals surface area contributed by atoms with Crippen LogP contribution < -0.4 is 5.32 Å². The topological polar surface area (TPSA) is 25.2 Å². The highest BCUT2D eigenvalue weighted by Gasteiger charge is 2.18. The molecule has 1 atom stereocenters. The molecule has 0 saturated heterocycles. The molecule has 1 heterocycles. The van der Waals surface area contributed by atoms with Crippen molar-refractivity contribution < 1.29 is 8.81 Å². The number of rotatable bonds is 5. The number of benzene rings is 1. The van der Waals surface area contributed by atoms with E-state index in [-0.39, 0.29) is 11.9 Å². The number of aryl methyl sites for hydroxylation is 2. The van der Waals surface area contributed by atoms with Gasteiger partial charge < -0.3 is 9.73 Å². The average Bonchev–Trinajstić information content (AvgIpc) is 2.71. The molecule has 1 aromatic carbocycles. The fourth-order valence-corrected chi connectivity index (χ4v) is 2.78. The molecule has 2 nitrogen and oxygen atoms in total. The van der Waals surface area contributed by atoms with Crippen LogP contribution in [0.25, 0.3) is 0 Å². The van der Waals surface area contributed by atoms with Gasteiger partial charge in [0, 0.05) is 16.1 Å². The second-order valence-electron chi connectivity index (χ2n) is 4.92. The van der Waals surface area contributed by atoms with Crippen molar-refractivity contribution in [1.82, 2.24) is 5.32 Å². The molecule has 0 amide bonds. The molecule has 2 aromatic rings. The summed E-state index contributed by atoms with van der Waals surface area (Å²) in [7, 11) is 0. The second-order valence-corrected chi connectivity index (χ2v) is 5.83. The van der Waals surface area contributed by atoms with Crippen LogP contribution in [0.5, 0.6) is 0 Å². The number of halogens is 2. The Morgan fingerprint density at radius 2 is 2.05 bits per heavy atom. The lowest BCUT2D eigenvalue weighted by Crippen LogP contribution is -2.23. The Labute approximate surface area is 127 Å². The molecule has 1 N–H and O–H groups in total. The van der Waals surface area contributed by atoms with E-state index in [0.717, 1.165) is 28.1 Å². The van der Waals surface area contributed by atoms with Crippen LogP contribution >= 0.6 is 15.9 Å². The van der Waals surface area contributed by atoms with Gasteiger partial charge in [-0.25, -0.2) is 4.39 Å². The normalized spacial score (nSPS) is 12.7. The maximum absolute atomic E-state index is 14.0. The zero-order valence-corrected chi connectivity index (χ0v) is 13.6. The molecule has 0 aliphatic heterocycles. The molecule has 0 bridgehead atoms. The summed E-state index contributed by atoms with van der Waals surface area (Å²) in [6, 6.07) is 7.29. The van der Waals surface area contributed by atoms with Gasteiger partial charge in [0.15, 0.2) is 0 Å². The van der Waals surface area contributed by atoms with E-state index < -0.39 is 0 Å². The number of hydrogen-bond donors (Lipinski definition) is 1. The first-order chi connectivity index (χ1) is 9.51. The second kappa shape index (κ2) is 6.55. The van der Waals surface area contributed by atoms with E-state index in [1.165, 1.54) is 6.07 Å². The minimum absolute atomic E-state index is 0.0631. The Morgan fingerprint density at radius 1 is 1.30 bits per heavy atom. The Balaban J connectivity index is 2.27. The smallest absolute Gasteiger partial charge is 0.127 e. The summed E-state index contributed by atoms with van der Waals surface area (Å²) in [4.78, 5) is 0. The fraction of sp³-hybridized carbons (Fsp3) is 0.375. The molecule has 20 heavy (non-hydrogen) atoms. The van der Waals surface area contributed by atoms with E-state index in [0.29, 0.717) is 12.0 Å². The zero-order chi connectivity index (χ0) is 14.7. The first kappa shape index (κ1) is 15.3. The van der Waals surface area contributed by atoms with E-state index in [1.807, 2.05) is 39.0 Å². The van der Waals surface area contributed by atoms with Gasteiger partial charge in [-0.3, -0.25) is 0 Å². The van der Waals surface area contributed by atoms with Crippen molar-refractivity contribution in [2.24, 2.45) is 0 Å². The molecule has 0 fully saturated rings. The van der Waals surface area contributed by atoms with Gasteiger partial charge in [-0.2, -0.15) is 0 Å². The Hall–Kier alpha value is -1.13.